The molecule has 1 saturated heterocycles. The third-order valence-corrected chi connectivity index (χ3v) is 6.51. The van der Waals surface area contributed by atoms with E-state index < -0.39 is 5.72 Å². The van der Waals surface area contributed by atoms with Crippen LogP contribution in [0.1, 0.15) is 29.2 Å². The predicted octanol–water partition coefficient (Wildman–Crippen LogP) is 4.42. The molecule has 5 rings (SSSR count). The molecule has 0 bridgehead atoms. The maximum absolute atomic E-state index is 10.2. The van der Waals surface area contributed by atoms with Crippen LogP contribution in [0.25, 0.3) is 0 Å². The van der Waals surface area contributed by atoms with Gasteiger partial charge in [-0.05, 0) is 37.4 Å². The summed E-state index contributed by atoms with van der Waals surface area (Å²) in [6, 6.07) is 22.1. The second-order valence-electron chi connectivity index (χ2n) is 8.70. The Morgan fingerprint density at radius 1 is 0.909 bits per heavy atom. The molecule has 2 heterocycles. The first-order chi connectivity index (χ1) is 16.1. The smallest absolute Gasteiger partial charge is 0.207 e. The van der Waals surface area contributed by atoms with E-state index in [1.807, 2.05) is 48.5 Å². The molecule has 168 valence electrons. The van der Waals surface area contributed by atoms with E-state index in [-0.39, 0.29) is 23.5 Å². The normalized spacial score (nSPS) is 25.0. The lowest BCUT2D eigenvalue weighted by Gasteiger charge is -2.49. The SMILES string of the molecule is CN1CC[C@]2(N=Cc3ccccc3O)Oc3ccccc3[C@H](N=Cc3ccccc3O)[C@H]2C1. The molecule has 3 atom stereocenters. The van der Waals surface area contributed by atoms with Crippen LogP contribution in [0.4, 0.5) is 0 Å². The summed E-state index contributed by atoms with van der Waals surface area (Å²) in [5, 5.41) is 20.5. The molecule has 6 heteroatoms. The topological polar surface area (TPSA) is 77.7 Å². The first kappa shape index (κ1) is 21.2. The van der Waals surface area contributed by atoms with Crippen molar-refractivity contribution in [1.82, 2.24) is 4.90 Å². The highest BCUT2D eigenvalue weighted by atomic mass is 16.5. The summed E-state index contributed by atoms with van der Waals surface area (Å²) >= 11 is 0. The molecule has 0 amide bonds. The van der Waals surface area contributed by atoms with E-state index in [2.05, 4.69) is 11.9 Å². The van der Waals surface area contributed by atoms with Gasteiger partial charge in [0.1, 0.15) is 17.2 Å². The first-order valence-electron chi connectivity index (χ1n) is 11.2. The summed E-state index contributed by atoms with van der Waals surface area (Å²) in [6.45, 7) is 1.60. The average Bonchev–Trinajstić information content (AvgIpc) is 2.83. The summed E-state index contributed by atoms with van der Waals surface area (Å²) in [4.78, 5) is 12.2. The quantitative estimate of drug-likeness (QED) is 0.588. The van der Waals surface area contributed by atoms with Gasteiger partial charge in [-0.25, -0.2) is 4.99 Å². The molecule has 0 radical (unpaired) electrons. The molecule has 3 aromatic carbocycles. The highest BCUT2D eigenvalue weighted by Gasteiger charge is 2.52. The van der Waals surface area contributed by atoms with Gasteiger partial charge >= 0.3 is 0 Å². The Morgan fingerprint density at radius 3 is 2.27 bits per heavy atom. The predicted molar refractivity (Wildman–Crippen MR) is 130 cm³/mol. The largest absolute Gasteiger partial charge is 0.507 e. The van der Waals surface area contributed by atoms with Gasteiger partial charge in [-0.2, -0.15) is 0 Å². The number of likely N-dealkylation sites (tertiary alicyclic amines) is 1. The Morgan fingerprint density at radius 2 is 1.55 bits per heavy atom. The zero-order valence-corrected chi connectivity index (χ0v) is 18.5. The van der Waals surface area contributed by atoms with E-state index in [0.29, 0.717) is 17.5 Å². The molecule has 0 aliphatic carbocycles. The van der Waals surface area contributed by atoms with Crippen molar-refractivity contribution in [2.45, 2.75) is 18.2 Å². The van der Waals surface area contributed by atoms with Crippen LogP contribution in [-0.4, -0.2) is 53.4 Å². The average molecular weight is 442 g/mol. The number of nitrogens with zero attached hydrogens (tertiary/aromatic N) is 3. The van der Waals surface area contributed by atoms with Crippen molar-refractivity contribution >= 4 is 12.4 Å². The number of piperidine rings is 1. The number of ether oxygens (including phenoxy) is 1. The summed E-state index contributed by atoms with van der Waals surface area (Å²) in [5.41, 5.74) is 1.54. The van der Waals surface area contributed by atoms with Crippen LogP contribution < -0.4 is 4.74 Å². The fraction of sp³-hybridized carbons (Fsp3) is 0.259. The van der Waals surface area contributed by atoms with Crippen molar-refractivity contribution in [3.05, 3.63) is 89.5 Å². The fourth-order valence-electron chi connectivity index (χ4n) is 4.71. The monoisotopic (exact) mass is 441 g/mol. The van der Waals surface area contributed by atoms with Gasteiger partial charge in [0.2, 0.25) is 5.72 Å². The molecule has 0 aromatic heterocycles. The second-order valence-corrected chi connectivity index (χ2v) is 8.70. The molecule has 2 N–H and O–H groups in total. The van der Waals surface area contributed by atoms with Gasteiger partial charge in [0, 0.05) is 48.6 Å². The van der Waals surface area contributed by atoms with Crippen LogP contribution in [0.15, 0.2) is 82.8 Å². The number of hydrogen-bond acceptors (Lipinski definition) is 6. The Kier molecular flexibility index (Phi) is 5.60. The van der Waals surface area contributed by atoms with Crippen molar-refractivity contribution in [3.8, 4) is 17.2 Å². The third kappa shape index (κ3) is 4.10. The van der Waals surface area contributed by atoms with E-state index in [1.165, 1.54) is 0 Å². The van der Waals surface area contributed by atoms with E-state index in [9.17, 15) is 10.2 Å². The molecule has 0 saturated carbocycles. The standard InChI is InChI=1S/C27H27N3O3/c1-30-15-14-27(29-17-20-9-3-6-12-24(20)32)22(18-30)26(21-10-4-7-13-25(21)33-27)28-16-19-8-2-5-11-23(19)31/h2-13,16-17,22,26,31-32H,14-15,18H2,1H3/t22-,26+,27+/m1/s1. The molecular weight excluding hydrogens is 414 g/mol. The minimum Gasteiger partial charge on any atom is -0.507 e. The van der Waals surface area contributed by atoms with Crippen LogP contribution in [0.5, 0.6) is 17.2 Å². The van der Waals surface area contributed by atoms with E-state index in [1.54, 1.807) is 36.7 Å². The lowest BCUT2D eigenvalue weighted by molar-refractivity contribution is -0.0624. The van der Waals surface area contributed by atoms with E-state index in [0.717, 1.165) is 24.4 Å². The fourth-order valence-corrected chi connectivity index (χ4v) is 4.71. The van der Waals surface area contributed by atoms with Gasteiger partial charge in [-0.1, -0.05) is 42.5 Å². The van der Waals surface area contributed by atoms with Crippen LogP contribution in [-0.2, 0) is 0 Å². The van der Waals surface area contributed by atoms with Gasteiger partial charge in [-0.3, -0.25) is 4.99 Å². The molecule has 33 heavy (non-hydrogen) atoms. The minimum atomic E-state index is -0.802. The van der Waals surface area contributed by atoms with E-state index >= 15 is 0 Å². The van der Waals surface area contributed by atoms with Crippen molar-refractivity contribution in [1.29, 1.82) is 0 Å². The van der Waals surface area contributed by atoms with Crippen LogP contribution in [0.2, 0.25) is 0 Å². The minimum absolute atomic E-state index is 0.0460. The van der Waals surface area contributed by atoms with Crippen LogP contribution in [0, 0.1) is 5.92 Å². The Balaban J connectivity index is 1.59. The zero-order valence-electron chi connectivity index (χ0n) is 18.5. The Bertz CT molecular complexity index is 1210. The van der Waals surface area contributed by atoms with Crippen LogP contribution in [0.3, 0.4) is 0 Å². The lowest BCUT2D eigenvalue weighted by atomic mass is 9.77. The van der Waals surface area contributed by atoms with Crippen molar-refractivity contribution < 1.29 is 14.9 Å². The highest BCUT2D eigenvalue weighted by Crippen LogP contribution is 2.49. The molecule has 1 fully saturated rings. The molecular formula is C27H27N3O3. The Labute approximate surface area is 193 Å². The van der Waals surface area contributed by atoms with E-state index in [4.69, 9.17) is 14.7 Å². The van der Waals surface area contributed by atoms with Gasteiger partial charge in [-0.15, -0.1) is 0 Å². The second kappa shape index (κ2) is 8.71. The van der Waals surface area contributed by atoms with Crippen LogP contribution >= 0.6 is 0 Å². The summed E-state index contributed by atoms with van der Waals surface area (Å²) < 4.78 is 6.61. The molecule has 0 unspecified atom stereocenters. The number of phenolic OH excluding ortho intramolecular Hbond substituents is 2. The zero-order chi connectivity index (χ0) is 22.8. The maximum atomic E-state index is 10.2. The van der Waals surface area contributed by atoms with Gasteiger partial charge in [0.15, 0.2) is 0 Å². The molecule has 2 aliphatic rings. The lowest BCUT2D eigenvalue weighted by Crippen LogP contribution is -2.57. The summed E-state index contributed by atoms with van der Waals surface area (Å²) in [7, 11) is 2.10. The third-order valence-electron chi connectivity index (χ3n) is 6.51. The molecule has 3 aromatic rings. The number of benzene rings is 3. The molecule has 2 aliphatic heterocycles. The van der Waals surface area contributed by atoms with Gasteiger partial charge < -0.3 is 19.8 Å². The van der Waals surface area contributed by atoms with Gasteiger partial charge in [0.05, 0.1) is 12.0 Å². The van der Waals surface area contributed by atoms with Crippen molar-refractivity contribution in [2.75, 3.05) is 20.1 Å². The number of aliphatic imine (C=N–C) groups is 2. The van der Waals surface area contributed by atoms with Crippen molar-refractivity contribution in [3.63, 3.8) is 0 Å². The summed E-state index contributed by atoms with van der Waals surface area (Å²) in [5.74, 6) is 1.11. The molecule has 6 nitrogen and oxygen atoms in total. The Hall–Kier alpha value is -3.64. The number of aromatic hydroxyl groups is 2. The maximum Gasteiger partial charge on any atom is 0.207 e. The number of fused-ring (bicyclic) bond motifs is 2. The van der Waals surface area contributed by atoms with Gasteiger partial charge in [0.25, 0.3) is 0 Å². The number of phenols is 2. The molecule has 0 spiro atoms. The number of rotatable bonds is 4. The number of hydrogen-bond donors (Lipinski definition) is 2. The first-order valence-corrected chi connectivity index (χ1v) is 11.2. The summed E-state index contributed by atoms with van der Waals surface area (Å²) in [6.07, 6.45) is 4.16. The highest BCUT2D eigenvalue weighted by molar-refractivity contribution is 5.84. The van der Waals surface area contributed by atoms with Crippen molar-refractivity contribution in [2.24, 2.45) is 15.9 Å². The number of para-hydroxylation sites is 3.